The molecule has 0 radical (unpaired) electrons. The molecule has 3 heteroatoms. The topological polar surface area (TPSA) is 32.3 Å². The lowest BCUT2D eigenvalue weighted by Crippen LogP contribution is -1.88. The molecule has 0 aliphatic carbocycles. The van der Waals surface area contributed by atoms with Gasteiger partial charge < -0.3 is 10.4 Å². The van der Waals surface area contributed by atoms with Gasteiger partial charge in [-0.3, -0.25) is 0 Å². The van der Waals surface area contributed by atoms with Crippen LogP contribution in [-0.4, -0.2) is 12.2 Å². The number of nitrogens with one attached hydrogen (secondary N) is 1. The zero-order valence-electron chi connectivity index (χ0n) is 5.56. The van der Waals surface area contributed by atoms with Crippen molar-refractivity contribution in [3.63, 3.8) is 0 Å². The van der Waals surface area contributed by atoms with Crippen LogP contribution in [0.1, 0.15) is 0 Å². The van der Waals surface area contributed by atoms with Crippen LogP contribution in [-0.2, 0) is 0 Å². The summed E-state index contributed by atoms with van der Waals surface area (Å²) < 4.78 is 0.865. The van der Waals surface area contributed by atoms with Gasteiger partial charge in [0, 0.05) is 7.05 Å². The molecule has 0 spiro atoms. The summed E-state index contributed by atoms with van der Waals surface area (Å²) in [6.45, 7) is 0. The minimum atomic E-state index is 0.325. The van der Waals surface area contributed by atoms with E-state index in [4.69, 9.17) is 0 Å². The second-order valence-electron chi connectivity index (χ2n) is 1.89. The number of benzene rings is 1. The molecular formula is C7H8INO. The lowest BCUT2D eigenvalue weighted by Gasteiger charge is -2.03. The van der Waals surface area contributed by atoms with Crippen molar-refractivity contribution in [1.82, 2.24) is 0 Å². The van der Waals surface area contributed by atoms with E-state index in [9.17, 15) is 5.11 Å². The predicted octanol–water partition coefficient (Wildman–Crippen LogP) is 2.04. The lowest BCUT2D eigenvalue weighted by molar-refractivity contribution is 0.474. The molecule has 0 aromatic heterocycles. The summed E-state index contributed by atoms with van der Waals surface area (Å²) in [4.78, 5) is 0. The number of phenolic OH excluding ortho intramolecular Hbond substituents is 1. The highest BCUT2D eigenvalue weighted by atomic mass is 127. The normalized spacial score (nSPS) is 9.40. The third-order valence-corrected chi connectivity index (χ3v) is 2.13. The van der Waals surface area contributed by atoms with Crippen molar-refractivity contribution in [2.75, 3.05) is 12.4 Å². The Morgan fingerprint density at radius 2 is 2.20 bits per heavy atom. The monoisotopic (exact) mass is 249 g/mol. The Bertz CT molecular complexity index is 237. The highest BCUT2D eigenvalue weighted by Crippen LogP contribution is 2.27. The Balaban J connectivity index is 3.14. The number of rotatable bonds is 1. The van der Waals surface area contributed by atoms with Crippen LogP contribution >= 0.6 is 22.6 Å². The number of phenols is 1. The van der Waals surface area contributed by atoms with Crippen molar-refractivity contribution >= 4 is 28.3 Å². The minimum absolute atomic E-state index is 0.325. The Hall–Kier alpha value is -0.450. The van der Waals surface area contributed by atoms with Crippen LogP contribution < -0.4 is 5.32 Å². The van der Waals surface area contributed by atoms with Crippen molar-refractivity contribution in [1.29, 1.82) is 0 Å². The highest BCUT2D eigenvalue weighted by Gasteiger charge is 2.00. The van der Waals surface area contributed by atoms with Crippen LogP contribution in [0.3, 0.4) is 0 Å². The summed E-state index contributed by atoms with van der Waals surface area (Å²) in [6.07, 6.45) is 0. The largest absolute Gasteiger partial charge is 0.505 e. The van der Waals surface area contributed by atoms with Crippen LogP contribution in [0.15, 0.2) is 18.2 Å². The van der Waals surface area contributed by atoms with Crippen molar-refractivity contribution < 1.29 is 5.11 Å². The van der Waals surface area contributed by atoms with Gasteiger partial charge in [-0.2, -0.15) is 0 Å². The third-order valence-electron chi connectivity index (χ3n) is 1.26. The van der Waals surface area contributed by atoms with E-state index < -0.39 is 0 Å². The molecule has 0 unspecified atom stereocenters. The Kier molecular flexibility index (Phi) is 2.37. The van der Waals surface area contributed by atoms with E-state index in [-0.39, 0.29) is 0 Å². The molecule has 2 nitrogen and oxygen atoms in total. The maximum atomic E-state index is 9.33. The van der Waals surface area contributed by atoms with Gasteiger partial charge in [-0.05, 0) is 34.7 Å². The molecule has 54 valence electrons. The van der Waals surface area contributed by atoms with Gasteiger partial charge in [0.1, 0.15) is 0 Å². The summed E-state index contributed by atoms with van der Waals surface area (Å²) in [5.74, 6) is 0.325. The van der Waals surface area contributed by atoms with Gasteiger partial charge in [0.05, 0.1) is 9.26 Å². The van der Waals surface area contributed by atoms with Crippen molar-refractivity contribution in [2.45, 2.75) is 0 Å². The quantitative estimate of drug-likeness (QED) is 0.589. The predicted molar refractivity (Wildman–Crippen MR) is 50.4 cm³/mol. The Morgan fingerprint density at radius 3 is 2.70 bits per heavy atom. The van der Waals surface area contributed by atoms with E-state index in [2.05, 4.69) is 27.9 Å². The summed E-state index contributed by atoms with van der Waals surface area (Å²) in [7, 11) is 1.78. The molecule has 0 amide bonds. The first-order valence-electron chi connectivity index (χ1n) is 2.91. The number of aromatic hydroxyl groups is 1. The van der Waals surface area contributed by atoms with E-state index in [1.54, 1.807) is 7.05 Å². The van der Waals surface area contributed by atoms with Gasteiger partial charge in [0.2, 0.25) is 0 Å². The molecule has 1 aromatic rings. The molecule has 10 heavy (non-hydrogen) atoms. The van der Waals surface area contributed by atoms with E-state index in [1.807, 2.05) is 18.2 Å². The summed E-state index contributed by atoms with van der Waals surface area (Å²) >= 11 is 2.08. The lowest BCUT2D eigenvalue weighted by atomic mass is 10.3. The first kappa shape index (κ1) is 7.65. The Morgan fingerprint density at radius 1 is 1.50 bits per heavy atom. The minimum Gasteiger partial charge on any atom is -0.505 e. The molecule has 0 saturated heterocycles. The maximum Gasteiger partial charge on any atom is 0.151 e. The zero-order valence-corrected chi connectivity index (χ0v) is 7.71. The van der Waals surface area contributed by atoms with E-state index in [0.717, 1.165) is 9.26 Å². The number of halogens is 1. The zero-order chi connectivity index (χ0) is 7.56. The van der Waals surface area contributed by atoms with Gasteiger partial charge >= 0.3 is 0 Å². The maximum absolute atomic E-state index is 9.33. The fourth-order valence-electron chi connectivity index (χ4n) is 0.717. The van der Waals surface area contributed by atoms with E-state index in [0.29, 0.717) is 5.75 Å². The molecular weight excluding hydrogens is 241 g/mol. The van der Waals surface area contributed by atoms with Crippen LogP contribution in [0, 0.1) is 3.57 Å². The standard InChI is InChI=1S/C7H8INO/c1-9-6-4-2-3-5(8)7(6)10/h2-4,9-10H,1H3. The molecule has 0 aliphatic rings. The summed E-state index contributed by atoms with van der Waals surface area (Å²) in [5.41, 5.74) is 0.770. The number of hydrogen-bond acceptors (Lipinski definition) is 2. The second kappa shape index (κ2) is 3.09. The summed E-state index contributed by atoms with van der Waals surface area (Å²) in [5, 5.41) is 12.2. The summed E-state index contributed by atoms with van der Waals surface area (Å²) in [6, 6.07) is 5.58. The van der Waals surface area contributed by atoms with Crippen LogP contribution in [0.5, 0.6) is 5.75 Å². The molecule has 0 fully saturated rings. The van der Waals surface area contributed by atoms with Crippen LogP contribution in [0.2, 0.25) is 0 Å². The number of anilines is 1. The molecule has 2 N–H and O–H groups in total. The van der Waals surface area contributed by atoms with Gasteiger partial charge in [-0.25, -0.2) is 0 Å². The average molecular weight is 249 g/mol. The van der Waals surface area contributed by atoms with Gasteiger partial charge in [-0.1, -0.05) is 6.07 Å². The van der Waals surface area contributed by atoms with Crippen molar-refractivity contribution in [3.8, 4) is 5.75 Å². The molecule has 0 heterocycles. The van der Waals surface area contributed by atoms with Crippen molar-refractivity contribution in [2.24, 2.45) is 0 Å². The average Bonchev–Trinajstić information content (AvgIpc) is 1.95. The van der Waals surface area contributed by atoms with Gasteiger partial charge in [0.25, 0.3) is 0 Å². The molecule has 0 atom stereocenters. The third kappa shape index (κ3) is 1.34. The highest BCUT2D eigenvalue weighted by molar-refractivity contribution is 14.1. The fourth-order valence-corrected chi connectivity index (χ4v) is 1.22. The molecule has 0 bridgehead atoms. The van der Waals surface area contributed by atoms with Crippen LogP contribution in [0.4, 0.5) is 5.69 Å². The molecule has 0 saturated carbocycles. The number of para-hydroxylation sites is 1. The fraction of sp³-hybridized carbons (Fsp3) is 0.143. The smallest absolute Gasteiger partial charge is 0.151 e. The van der Waals surface area contributed by atoms with E-state index >= 15 is 0 Å². The second-order valence-corrected chi connectivity index (χ2v) is 3.05. The van der Waals surface area contributed by atoms with Crippen LogP contribution in [0.25, 0.3) is 0 Å². The SMILES string of the molecule is CNc1cccc(I)c1O. The van der Waals surface area contributed by atoms with Crippen molar-refractivity contribution in [3.05, 3.63) is 21.8 Å². The first-order chi connectivity index (χ1) is 4.75. The first-order valence-corrected chi connectivity index (χ1v) is 3.99. The van der Waals surface area contributed by atoms with Gasteiger partial charge in [0.15, 0.2) is 5.75 Å². The van der Waals surface area contributed by atoms with E-state index in [1.165, 1.54) is 0 Å². The molecule has 0 aliphatic heterocycles. The molecule has 1 aromatic carbocycles. The molecule has 1 rings (SSSR count). The number of hydrogen-bond donors (Lipinski definition) is 2. The van der Waals surface area contributed by atoms with Gasteiger partial charge in [-0.15, -0.1) is 0 Å². The Labute approximate surface area is 73.4 Å².